The fourth-order valence-electron chi connectivity index (χ4n) is 5.29. The number of aromatic hydroxyl groups is 3. The third-order valence-corrected chi connectivity index (χ3v) is 7.85. The smallest absolute Gasteiger partial charge is 0.317 e. The quantitative estimate of drug-likeness (QED) is 0.0701. The lowest BCUT2D eigenvalue weighted by atomic mass is 9.98. The summed E-state index contributed by atoms with van der Waals surface area (Å²) in [5.74, 6) is -3.18. The topological polar surface area (TPSA) is 295 Å². The number of carboxylic acid groups (broad SMARTS) is 1. The van der Waals surface area contributed by atoms with Gasteiger partial charge in [-0.3, -0.25) is 9.59 Å². The van der Waals surface area contributed by atoms with E-state index >= 15 is 0 Å². The maximum atomic E-state index is 11.7. The Morgan fingerprint density at radius 2 is 1.38 bits per heavy atom. The van der Waals surface area contributed by atoms with Crippen molar-refractivity contribution in [2.24, 2.45) is 0 Å². The molecule has 2 fully saturated rings. The minimum atomic E-state index is -1.89. The van der Waals surface area contributed by atoms with Gasteiger partial charge in [-0.05, 0) is 24.3 Å². The summed E-state index contributed by atoms with van der Waals surface area (Å²) in [5.41, 5.74) is 0.548. The number of hydrogen-bond donors (Lipinski definition) is 10. The molecule has 2 aromatic carbocycles. The van der Waals surface area contributed by atoms with E-state index in [0.717, 1.165) is 6.07 Å². The number of phenolic OH excluding ortho intramolecular Hbond substituents is 2. The van der Waals surface area contributed by atoms with Crippen molar-refractivity contribution in [3.8, 4) is 23.0 Å². The first kappa shape index (κ1) is 35.1. The molecule has 0 radical (unpaired) electrons. The number of carbonyl (C=O) groups excluding carboxylic acids is 1. The van der Waals surface area contributed by atoms with E-state index in [4.69, 9.17) is 28.8 Å². The highest BCUT2D eigenvalue weighted by Crippen LogP contribution is 2.46. The van der Waals surface area contributed by atoms with Gasteiger partial charge in [-0.15, -0.1) is 0 Å². The Labute approximate surface area is 270 Å². The average Bonchev–Trinajstić information content (AvgIpc) is 3.04. The molecule has 0 aromatic heterocycles. The Bertz CT molecular complexity index is 1490. The molecular formula is C30H35O18+. The molecule has 0 aliphatic carbocycles. The van der Waals surface area contributed by atoms with E-state index in [1.807, 2.05) is 0 Å². The van der Waals surface area contributed by atoms with Crippen LogP contribution in [0.1, 0.15) is 23.7 Å². The predicted octanol–water partition coefficient (Wildman–Crippen LogP) is -2.54. The number of phenols is 2. The van der Waals surface area contributed by atoms with Crippen LogP contribution in [0.2, 0.25) is 0 Å². The van der Waals surface area contributed by atoms with Crippen molar-refractivity contribution in [1.29, 1.82) is 0 Å². The zero-order valence-corrected chi connectivity index (χ0v) is 24.8. The van der Waals surface area contributed by atoms with Crippen molar-refractivity contribution >= 4 is 18.0 Å². The van der Waals surface area contributed by atoms with Crippen molar-refractivity contribution in [2.45, 2.75) is 73.9 Å². The number of aliphatic carboxylic acids is 1. The minimum absolute atomic E-state index is 0.0446. The third kappa shape index (κ3) is 7.41. The van der Waals surface area contributed by atoms with Crippen LogP contribution in [0.15, 0.2) is 42.2 Å². The molecule has 0 amide bonds. The molecule has 5 rings (SSSR count). The predicted molar refractivity (Wildman–Crippen MR) is 154 cm³/mol. The molecule has 0 saturated carbocycles. The van der Waals surface area contributed by atoms with E-state index in [2.05, 4.69) is 4.74 Å². The Morgan fingerprint density at radius 1 is 0.771 bits per heavy atom. The molecule has 2 saturated heterocycles. The van der Waals surface area contributed by atoms with Crippen LogP contribution < -0.4 is 4.74 Å². The second-order valence-corrected chi connectivity index (χ2v) is 11.2. The largest absolute Gasteiger partial charge is 0.571 e. The summed E-state index contributed by atoms with van der Waals surface area (Å²) in [6.07, 6.45) is -17.6. The molecule has 11 unspecified atom stereocenters. The van der Waals surface area contributed by atoms with E-state index in [1.54, 1.807) is 0 Å². The lowest BCUT2D eigenvalue weighted by Gasteiger charge is -2.41. The van der Waals surface area contributed by atoms with Crippen molar-refractivity contribution in [1.82, 2.24) is 0 Å². The highest BCUT2D eigenvalue weighted by molar-refractivity contribution is 5.90. The van der Waals surface area contributed by atoms with Crippen LogP contribution >= 0.6 is 0 Å². The van der Waals surface area contributed by atoms with Crippen LogP contribution in [0, 0.1) is 0 Å². The summed E-state index contributed by atoms with van der Waals surface area (Å²) in [6.45, 7) is -1.44. The van der Waals surface area contributed by atoms with Gasteiger partial charge in [0.15, 0.2) is 5.76 Å². The normalized spacial score (nSPS) is 33.1. The van der Waals surface area contributed by atoms with Gasteiger partial charge < -0.3 is 79.5 Å². The highest BCUT2D eigenvalue weighted by atomic mass is 16.7. The van der Waals surface area contributed by atoms with E-state index in [9.17, 15) is 55.5 Å². The minimum Gasteiger partial charge on any atom is -0.571 e. The van der Waals surface area contributed by atoms with Gasteiger partial charge in [-0.25, -0.2) is 0 Å². The molecule has 48 heavy (non-hydrogen) atoms. The lowest BCUT2D eigenvalue weighted by Crippen LogP contribution is -2.60. The molecule has 0 bridgehead atoms. The van der Waals surface area contributed by atoms with E-state index < -0.39 is 99.1 Å². The van der Waals surface area contributed by atoms with Crippen molar-refractivity contribution in [3.05, 3.63) is 53.3 Å². The number of benzene rings is 2. The summed E-state index contributed by atoms with van der Waals surface area (Å²) in [4.78, 5) is 22.5. The lowest BCUT2D eigenvalue weighted by molar-refractivity contribution is -0.295. The fourth-order valence-corrected chi connectivity index (χ4v) is 5.29. The van der Waals surface area contributed by atoms with E-state index in [0.29, 0.717) is 5.56 Å². The first-order valence-electron chi connectivity index (χ1n) is 14.6. The number of carboxylic acids is 1. The Morgan fingerprint density at radius 3 is 2.00 bits per heavy atom. The zero-order chi connectivity index (χ0) is 34.9. The van der Waals surface area contributed by atoms with Crippen LogP contribution in [0.4, 0.5) is 0 Å². The van der Waals surface area contributed by atoms with Crippen molar-refractivity contribution < 1.29 is 89.1 Å². The molecule has 3 heterocycles. The standard InChI is InChI=1S/C30H34O18/c31-9-18-22(37)24(39)26(41)30(47-18)46-17-7-14-15(44-28(17)11-1-3-12(32)4-2-11)5-13(33)6-16(14)45-29-27(42)25(40)23(38)19(48-29)10-43-21(36)8-20(34)35/h1-7,18-19,22-33,37-42H,8-10H2,(H,34,35)/p+1. The van der Waals surface area contributed by atoms with Crippen molar-refractivity contribution in [2.75, 3.05) is 13.2 Å². The van der Waals surface area contributed by atoms with Crippen LogP contribution in [-0.2, 0) is 28.5 Å². The van der Waals surface area contributed by atoms with Gasteiger partial charge in [0.05, 0.1) is 18.2 Å². The van der Waals surface area contributed by atoms with Gasteiger partial charge in [0, 0.05) is 12.1 Å². The van der Waals surface area contributed by atoms with E-state index in [1.165, 1.54) is 36.4 Å². The maximum absolute atomic E-state index is 11.7. The highest BCUT2D eigenvalue weighted by Gasteiger charge is 2.48. The SMILES string of the molecule is O=C(O)CC(=O)OCC1OC(Oc2cc(O)cc3c2C=C(OC2OC(CO)C(O)C(O)C2O)C(c2ccc(O)cc2)[OH+]3)C(O)C(O)C1O. The van der Waals surface area contributed by atoms with E-state index in [-0.39, 0.29) is 34.3 Å². The summed E-state index contributed by atoms with van der Waals surface area (Å²) in [5, 5.41) is 101. The second kappa shape index (κ2) is 14.5. The van der Waals surface area contributed by atoms with Crippen LogP contribution in [0.25, 0.3) is 6.08 Å². The first-order valence-corrected chi connectivity index (χ1v) is 14.6. The Hall–Kier alpha value is -4.24. The molecule has 3 aliphatic heterocycles. The molecular weight excluding hydrogens is 648 g/mol. The molecule has 262 valence electrons. The summed E-state index contributed by atoms with van der Waals surface area (Å²) in [7, 11) is 0. The second-order valence-electron chi connectivity index (χ2n) is 11.2. The number of carbonyl (C=O) groups is 2. The number of ether oxygens (including phenoxy) is 6. The number of aliphatic hydroxyl groups excluding tert-OH is 7. The van der Waals surface area contributed by atoms with Crippen LogP contribution in [0.3, 0.4) is 0 Å². The fraction of sp³-hybridized carbons (Fsp3) is 0.467. The Kier molecular flexibility index (Phi) is 10.6. The third-order valence-electron chi connectivity index (χ3n) is 7.85. The molecule has 2 aromatic rings. The van der Waals surface area contributed by atoms with Crippen LogP contribution in [0.5, 0.6) is 23.0 Å². The molecule has 3 aliphatic rings. The molecule has 11 atom stereocenters. The van der Waals surface area contributed by atoms with Gasteiger partial charge in [0.2, 0.25) is 12.6 Å². The average molecular weight is 684 g/mol. The number of hydrogen-bond acceptors (Lipinski definition) is 16. The monoisotopic (exact) mass is 683 g/mol. The summed E-state index contributed by atoms with van der Waals surface area (Å²) >= 11 is 0. The zero-order valence-electron chi connectivity index (χ0n) is 24.8. The summed E-state index contributed by atoms with van der Waals surface area (Å²) < 4.78 is 32.3. The van der Waals surface area contributed by atoms with Gasteiger partial charge in [0.1, 0.15) is 84.7 Å². The Balaban J connectivity index is 1.46. The van der Waals surface area contributed by atoms with Gasteiger partial charge >= 0.3 is 11.9 Å². The maximum Gasteiger partial charge on any atom is 0.317 e. The van der Waals surface area contributed by atoms with Gasteiger partial charge in [0.25, 0.3) is 11.9 Å². The molecule has 18 nitrogen and oxygen atoms in total. The molecule has 18 heteroatoms. The first-order chi connectivity index (χ1) is 22.8. The van der Waals surface area contributed by atoms with Gasteiger partial charge in [-0.2, -0.15) is 0 Å². The number of aliphatic hydroxyl groups is 8. The molecule has 0 spiro atoms. The molecule has 11 N–H and O–H groups in total. The summed E-state index contributed by atoms with van der Waals surface area (Å²) in [6, 6.07) is 8.15. The van der Waals surface area contributed by atoms with Crippen LogP contribution in [-0.4, -0.2) is 142 Å². The number of fused-ring (bicyclic) bond motifs is 1. The number of esters is 1. The number of rotatable bonds is 10. The van der Waals surface area contributed by atoms with Gasteiger partial charge in [-0.1, -0.05) is 0 Å². The van der Waals surface area contributed by atoms with Crippen molar-refractivity contribution in [3.63, 3.8) is 0 Å².